The first-order valence-corrected chi connectivity index (χ1v) is 4.58. The maximum atomic E-state index is 5.35. The van der Waals surface area contributed by atoms with E-state index in [0.29, 0.717) is 6.10 Å². The third-order valence-electron chi connectivity index (χ3n) is 1.46. The Bertz CT molecular complexity index is 124. The second kappa shape index (κ2) is 3.05. The third kappa shape index (κ3) is 1.70. The molecule has 9 heavy (non-hydrogen) atoms. The zero-order valence-electron chi connectivity index (χ0n) is 5.59. The molecule has 0 saturated carbocycles. The fourth-order valence-electron chi connectivity index (χ4n) is 0.890. The van der Waals surface area contributed by atoms with Crippen molar-refractivity contribution in [1.82, 2.24) is 0 Å². The van der Waals surface area contributed by atoms with Crippen LogP contribution in [0.3, 0.4) is 0 Å². The minimum absolute atomic E-state index is 0.266. The van der Waals surface area contributed by atoms with E-state index in [4.69, 9.17) is 9.47 Å². The summed E-state index contributed by atoms with van der Waals surface area (Å²) < 4.78 is 11.5. The van der Waals surface area contributed by atoms with E-state index in [1.54, 1.807) is 0 Å². The zero-order chi connectivity index (χ0) is 6.85. The molecule has 0 amide bonds. The first-order valence-electron chi connectivity index (χ1n) is 3.11. The van der Waals surface area contributed by atoms with Gasteiger partial charge in [0.15, 0.2) is 0 Å². The van der Waals surface area contributed by atoms with Crippen LogP contribution in [-0.2, 0) is 28.8 Å². The van der Waals surface area contributed by atoms with E-state index >= 15 is 0 Å². The quantitative estimate of drug-likeness (QED) is 0.714. The van der Waals surface area contributed by atoms with Gasteiger partial charge in [-0.2, -0.15) is 0 Å². The van der Waals surface area contributed by atoms with Gasteiger partial charge in [-0.25, -0.2) is 0 Å². The van der Waals surface area contributed by atoms with Crippen LogP contribution in [0.15, 0.2) is 0 Å². The van der Waals surface area contributed by atoms with E-state index in [9.17, 15) is 0 Å². The molecule has 0 aromatic rings. The Morgan fingerprint density at radius 3 is 2.44 bits per heavy atom. The Kier molecular flexibility index (Phi) is 2.57. The van der Waals surface area contributed by atoms with Crippen molar-refractivity contribution in [3.63, 3.8) is 0 Å². The summed E-state index contributed by atoms with van der Waals surface area (Å²) in [5.41, 5.74) is 0. The second-order valence-corrected chi connectivity index (χ2v) is 3.34. The van der Waals surface area contributed by atoms with Gasteiger partial charge in [-0.05, 0) is 0 Å². The molecule has 1 aliphatic rings. The van der Waals surface area contributed by atoms with E-state index in [2.05, 4.69) is 6.92 Å². The topological polar surface area (TPSA) is 18.5 Å². The van der Waals surface area contributed by atoms with Crippen LogP contribution in [-0.4, -0.2) is 16.5 Å². The molecule has 1 fully saturated rings. The molecule has 0 spiro atoms. The van der Waals surface area contributed by atoms with Gasteiger partial charge in [0.25, 0.3) is 0 Å². The van der Waals surface area contributed by atoms with Crippen molar-refractivity contribution < 1.29 is 28.8 Å². The van der Waals surface area contributed by atoms with Gasteiger partial charge in [-0.15, -0.1) is 0 Å². The van der Waals surface area contributed by atoms with Gasteiger partial charge < -0.3 is 0 Å². The van der Waals surface area contributed by atoms with Crippen molar-refractivity contribution in [1.29, 1.82) is 0 Å². The molecule has 1 aliphatic heterocycles. The second-order valence-electron chi connectivity index (χ2n) is 2.14. The van der Waals surface area contributed by atoms with Crippen molar-refractivity contribution in [3.8, 4) is 0 Å². The molecule has 2 unspecified atom stereocenters. The van der Waals surface area contributed by atoms with Gasteiger partial charge in [0.2, 0.25) is 0 Å². The van der Waals surface area contributed by atoms with Crippen molar-refractivity contribution in [2.24, 2.45) is 0 Å². The van der Waals surface area contributed by atoms with Crippen LogP contribution >= 0.6 is 0 Å². The summed E-state index contributed by atoms with van der Waals surface area (Å²) in [4.78, 5) is 0. The summed E-state index contributed by atoms with van der Waals surface area (Å²) in [6.07, 6.45) is 1.61. The van der Waals surface area contributed by atoms with Crippen LogP contribution in [0.4, 0.5) is 0 Å². The molecule has 0 N–H and O–H groups in total. The van der Waals surface area contributed by atoms with Gasteiger partial charge in [-0.1, -0.05) is 0 Å². The molecule has 0 bridgehead atoms. The molecular weight excluding hydrogens is 288 g/mol. The summed E-state index contributed by atoms with van der Waals surface area (Å²) in [6.45, 7) is 4.16. The summed E-state index contributed by atoms with van der Waals surface area (Å²) in [5, 5.41) is 0. The average molecular weight is 298 g/mol. The van der Waals surface area contributed by atoms with E-state index in [1.165, 1.54) is 19.4 Å². The van der Waals surface area contributed by atoms with Gasteiger partial charge in [-0.3, -0.25) is 0 Å². The first-order chi connectivity index (χ1) is 4.24. The number of hydrogen-bond donors (Lipinski definition) is 0. The van der Waals surface area contributed by atoms with Gasteiger partial charge in [0, 0.05) is 0 Å². The van der Waals surface area contributed by atoms with E-state index in [-0.39, 0.29) is 6.10 Å². The molecular formula is C6H10O2W. The summed E-state index contributed by atoms with van der Waals surface area (Å²) in [5.74, 6) is 0. The Hall–Kier alpha value is 0.478. The molecule has 52 valence electrons. The number of hydrogen-bond acceptors (Lipinski definition) is 2. The third-order valence-corrected chi connectivity index (χ3v) is 2.15. The molecule has 3 heteroatoms. The Morgan fingerprint density at radius 2 is 2.22 bits per heavy atom. The summed E-state index contributed by atoms with van der Waals surface area (Å²) in [7, 11) is 0. The molecule has 1 rings (SSSR count). The molecule has 2 nitrogen and oxygen atoms in total. The minimum atomic E-state index is 0.266. The fraction of sp³-hybridized carbons (Fsp3) is 0.833. The Morgan fingerprint density at radius 1 is 1.56 bits per heavy atom. The van der Waals surface area contributed by atoms with Crippen molar-refractivity contribution in [3.05, 3.63) is 0 Å². The Labute approximate surface area is 65.9 Å². The normalized spacial score (nSPS) is 35.6. The van der Waals surface area contributed by atoms with Crippen LogP contribution in [0.1, 0.15) is 20.3 Å². The Balaban J connectivity index is 2.47. The van der Waals surface area contributed by atoms with Crippen LogP contribution in [0, 0.1) is 0 Å². The maximum absolute atomic E-state index is 5.35. The molecule has 0 radical (unpaired) electrons. The SMILES string of the molecule is CCC1O[C](=[W])OC1C. The molecule has 1 saturated heterocycles. The van der Waals surface area contributed by atoms with Gasteiger partial charge >= 0.3 is 65.6 Å². The average Bonchev–Trinajstić information content (AvgIpc) is 2.10. The predicted molar refractivity (Wildman–Crippen MR) is 30.7 cm³/mol. The van der Waals surface area contributed by atoms with E-state index < -0.39 is 0 Å². The van der Waals surface area contributed by atoms with Crippen molar-refractivity contribution >= 4 is 4.27 Å². The van der Waals surface area contributed by atoms with Crippen LogP contribution in [0.5, 0.6) is 0 Å². The molecule has 1 heterocycles. The summed E-state index contributed by atoms with van der Waals surface area (Å²) >= 11 is 1.28. The summed E-state index contributed by atoms with van der Waals surface area (Å²) in [6, 6.07) is 0. The first kappa shape index (κ1) is 7.58. The van der Waals surface area contributed by atoms with Crippen molar-refractivity contribution in [2.75, 3.05) is 0 Å². The standard InChI is InChI=1S/C6H10O2.W/c1-3-6-5(2)7-4-8-6;/h5-6H,3H2,1-2H3;. The predicted octanol–water partition coefficient (Wildman–Crippen LogP) is 0.834. The molecule has 0 aliphatic carbocycles. The van der Waals surface area contributed by atoms with E-state index in [0.717, 1.165) is 10.7 Å². The monoisotopic (exact) mass is 298 g/mol. The van der Waals surface area contributed by atoms with Crippen LogP contribution in [0.2, 0.25) is 0 Å². The fourth-order valence-corrected chi connectivity index (χ4v) is 1.88. The van der Waals surface area contributed by atoms with Gasteiger partial charge in [0.05, 0.1) is 0 Å². The van der Waals surface area contributed by atoms with Crippen LogP contribution in [0.25, 0.3) is 0 Å². The zero-order valence-corrected chi connectivity index (χ0v) is 8.52. The molecule has 0 aromatic heterocycles. The van der Waals surface area contributed by atoms with Gasteiger partial charge in [0.1, 0.15) is 0 Å². The molecule has 0 aromatic carbocycles. The van der Waals surface area contributed by atoms with Crippen molar-refractivity contribution in [2.45, 2.75) is 32.5 Å². The number of ether oxygens (including phenoxy) is 2. The molecule has 2 atom stereocenters. The van der Waals surface area contributed by atoms with Crippen LogP contribution < -0.4 is 0 Å². The van der Waals surface area contributed by atoms with E-state index in [1.807, 2.05) is 6.92 Å². The number of rotatable bonds is 1.